The molecule has 1 aliphatic rings. The number of pyridine rings is 2. The van der Waals surface area contributed by atoms with Gasteiger partial charge in [-0.2, -0.15) is 0 Å². The van der Waals surface area contributed by atoms with E-state index in [1.54, 1.807) is 18.6 Å². The number of carbonyl (C=O) groups is 1. The maximum absolute atomic E-state index is 12.5. The fourth-order valence-electron chi connectivity index (χ4n) is 3.72. The maximum atomic E-state index is 12.5. The van der Waals surface area contributed by atoms with Crippen molar-refractivity contribution in [3.8, 4) is 11.4 Å². The van der Waals surface area contributed by atoms with Gasteiger partial charge in [-0.25, -0.2) is 0 Å². The van der Waals surface area contributed by atoms with Crippen molar-refractivity contribution in [2.45, 2.75) is 38.4 Å². The molecule has 0 fully saturated rings. The van der Waals surface area contributed by atoms with Crippen molar-refractivity contribution < 1.29 is 4.79 Å². The van der Waals surface area contributed by atoms with Crippen LogP contribution in [0.15, 0.2) is 49.1 Å². The van der Waals surface area contributed by atoms with Gasteiger partial charge in [0.15, 0.2) is 5.82 Å². The predicted molar refractivity (Wildman–Crippen MR) is 109 cm³/mol. The molecule has 0 spiro atoms. The molecule has 4 rings (SSSR count). The molecule has 8 heteroatoms. The van der Waals surface area contributed by atoms with E-state index in [-0.39, 0.29) is 11.9 Å². The van der Waals surface area contributed by atoms with Crippen molar-refractivity contribution in [1.82, 2.24) is 34.9 Å². The van der Waals surface area contributed by atoms with E-state index in [9.17, 15) is 4.79 Å². The van der Waals surface area contributed by atoms with Gasteiger partial charge in [-0.05, 0) is 43.7 Å². The number of hydrogen-bond donors (Lipinski definition) is 1. The summed E-state index contributed by atoms with van der Waals surface area (Å²) in [5.41, 5.74) is 2.11. The SMILES string of the molecule is CN(CC(=O)NC1CCc2nnc(-c3ccncc3)n2CC1)Cc1cccnc1. The van der Waals surface area contributed by atoms with Gasteiger partial charge in [-0.15, -0.1) is 10.2 Å². The lowest BCUT2D eigenvalue weighted by Gasteiger charge is -2.20. The lowest BCUT2D eigenvalue weighted by atomic mass is 10.1. The second-order valence-electron chi connectivity index (χ2n) is 7.45. The number of carbonyl (C=O) groups excluding carboxylic acids is 1. The summed E-state index contributed by atoms with van der Waals surface area (Å²) < 4.78 is 2.16. The summed E-state index contributed by atoms with van der Waals surface area (Å²) in [6, 6.07) is 7.95. The van der Waals surface area contributed by atoms with E-state index < -0.39 is 0 Å². The molecule has 0 aliphatic carbocycles. The van der Waals surface area contributed by atoms with Crippen molar-refractivity contribution in [2.24, 2.45) is 0 Å². The van der Waals surface area contributed by atoms with Gasteiger partial charge in [0.2, 0.25) is 5.91 Å². The fraction of sp³-hybridized carbons (Fsp3) is 0.381. The molecule has 0 saturated heterocycles. The Balaban J connectivity index is 1.32. The molecule has 0 bridgehead atoms. The monoisotopic (exact) mass is 391 g/mol. The second-order valence-corrected chi connectivity index (χ2v) is 7.45. The van der Waals surface area contributed by atoms with Gasteiger partial charge in [-0.1, -0.05) is 6.07 Å². The number of hydrogen-bond acceptors (Lipinski definition) is 6. The largest absolute Gasteiger partial charge is 0.352 e. The van der Waals surface area contributed by atoms with Crippen molar-refractivity contribution in [3.05, 3.63) is 60.4 Å². The summed E-state index contributed by atoms with van der Waals surface area (Å²) in [5.74, 6) is 1.89. The Morgan fingerprint density at radius 2 is 2.03 bits per heavy atom. The van der Waals surface area contributed by atoms with Crippen LogP contribution in [0.25, 0.3) is 11.4 Å². The van der Waals surface area contributed by atoms with E-state index in [1.807, 2.05) is 42.4 Å². The molecule has 1 unspecified atom stereocenters. The van der Waals surface area contributed by atoms with Gasteiger partial charge >= 0.3 is 0 Å². The summed E-state index contributed by atoms with van der Waals surface area (Å²) in [4.78, 5) is 22.7. The van der Waals surface area contributed by atoms with E-state index in [0.717, 1.165) is 48.6 Å². The summed E-state index contributed by atoms with van der Waals surface area (Å²) in [6.45, 7) is 1.85. The quantitative estimate of drug-likeness (QED) is 0.688. The average Bonchev–Trinajstić information content (AvgIpc) is 3.04. The van der Waals surface area contributed by atoms with Crippen LogP contribution in [0.3, 0.4) is 0 Å². The highest BCUT2D eigenvalue weighted by Crippen LogP contribution is 2.22. The summed E-state index contributed by atoms with van der Waals surface area (Å²) in [5, 5.41) is 11.9. The van der Waals surface area contributed by atoms with Gasteiger partial charge in [-0.3, -0.25) is 19.7 Å². The van der Waals surface area contributed by atoms with Crippen LogP contribution in [-0.2, 0) is 24.3 Å². The topological polar surface area (TPSA) is 88.8 Å². The smallest absolute Gasteiger partial charge is 0.234 e. The van der Waals surface area contributed by atoms with Gasteiger partial charge in [0.25, 0.3) is 0 Å². The van der Waals surface area contributed by atoms with Crippen LogP contribution >= 0.6 is 0 Å². The van der Waals surface area contributed by atoms with Crippen LogP contribution in [0.2, 0.25) is 0 Å². The highest BCUT2D eigenvalue weighted by Gasteiger charge is 2.22. The second kappa shape index (κ2) is 8.91. The van der Waals surface area contributed by atoms with Crippen LogP contribution < -0.4 is 5.32 Å². The molecule has 1 N–H and O–H groups in total. The molecule has 3 aromatic heterocycles. The highest BCUT2D eigenvalue weighted by molar-refractivity contribution is 5.78. The van der Waals surface area contributed by atoms with Crippen LogP contribution in [0.4, 0.5) is 0 Å². The zero-order chi connectivity index (χ0) is 20.1. The number of rotatable bonds is 6. The number of fused-ring (bicyclic) bond motifs is 1. The first-order valence-corrected chi connectivity index (χ1v) is 9.88. The standard InChI is InChI=1S/C21H25N7O/c1-27(14-16-3-2-9-23-13-16)15-20(29)24-18-4-5-19-25-26-21(28(19)12-8-18)17-6-10-22-11-7-17/h2-3,6-7,9-11,13,18H,4-5,8,12,14-15H2,1H3,(H,24,29). The van der Waals surface area contributed by atoms with Gasteiger partial charge < -0.3 is 9.88 Å². The molecule has 0 saturated carbocycles. The summed E-state index contributed by atoms with van der Waals surface area (Å²) in [7, 11) is 1.95. The normalized spacial score (nSPS) is 16.3. The van der Waals surface area contributed by atoms with Crippen molar-refractivity contribution in [2.75, 3.05) is 13.6 Å². The van der Waals surface area contributed by atoms with Crippen molar-refractivity contribution in [3.63, 3.8) is 0 Å². The molecule has 1 amide bonds. The molecule has 150 valence electrons. The molecule has 4 heterocycles. The Morgan fingerprint density at radius 1 is 1.17 bits per heavy atom. The minimum Gasteiger partial charge on any atom is -0.352 e. The minimum absolute atomic E-state index is 0.0495. The lowest BCUT2D eigenvalue weighted by Crippen LogP contribution is -2.41. The zero-order valence-electron chi connectivity index (χ0n) is 16.5. The average molecular weight is 391 g/mol. The number of likely N-dealkylation sites (N-methyl/N-ethyl adjacent to an activating group) is 1. The maximum Gasteiger partial charge on any atom is 0.234 e. The van der Waals surface area contributed by atoms with E-state index in [2.05, 4.69) is 30.0 Å². The van der Waals surface area contributed by atoms with E-state index >= 15 is 0 Å². The van der Waals surface area contributed by atoms with Crippen molar-refractivity contribution >= 4 is 5.91 Å². The highest BCUT2D eigenvalue weighted by atomic mass is 16.2. The van der Waals surface area contributed by atoms with Crippen LogP contribution in [0.1, 0.15) is 24.2 Å². The lowest BCUT2D eigenvalue weighted by molar-refractivity contribution is -0.122. The van der Waals surface area contributed by atoms with Gasteiger partial charge in [0.05, 0.1) is 6.54 Å². The molecule has 1 atom stereocenters. The Hall–Kier alpha value is -3.13. The molecule has 3 aromatic rings. The Kier molecular flexibility index (Phi) is 5.90. The molecule has 29 heavy (non-hydrogen) atoms. The Labute approximate surface area is 170 Å². The zero-order valence-corrected chi connectivity index (χ0v) is 16.5. The summed E-state index contributed by atoms with van der Waals surface area (Å²) in [6.07, 6.45) is 9.64. The van der Waals surface area contributed by atoms with Gasteiger partial charge in [0, 0.05) is 55.9 Å². The fourth-order valence-corrected chi connectivity index (χ4v) is 3.72. The van der Waals surface area contributed by atoms with Gasteiger partial charge in [0.1, 0.15) is 5.82 Å². The van der Waals surface area contributed by atoms with E-state index in [0.29, 0.717) is 13.1 Å². The Bertz CT molecular complexity index is 942. The van der Waals surface area contributed by atoms with E-state index in [4.69, 9.17) is 0 Å². The van der Waals surface area contributed by atoms with Crippen molar-refractivity contribution in [1.29, 1.82) is 0 Å². The van der Waals surface area contributed by atoms with Crippen LogP contribution in [0.5, 0.6) is 0 Å². The first-order valence-electron chi connectivity index (χ1n) is 9.88. The number of amides is 1. The number of nitrogens with one attached hydrogen (secondary N) is 1. The molecule has 8 nitrogen and oxygen atoms in total. The van der Waals surface area contributed by atoms with E-state index in [1.165, 1.54) is 0 Å². The summed E-state index contributed by atoms with van der Waals surface area (Å²) >= 11 is 0. The van der Waals surface area contributed by atoms with Crippen LogP contribution in [-0.4, -0.2) is 55.2 Å². The number of nitrogens with zero attached hydrogens (tertiary/aromatic N) is 6. The molecular formula is C21H25N7O. The predicted octanol–water partition coefficient (Wildman–Crippen LogP) is 1.69. The van der Waals surface area contributed by atoms with Crippen LogP contribution in [0, 0.1) is 0 Å². The third-order valence-electron chi connectivity index (χ3n) is 5.14. The minimum atomic E-state index is 0.0495. The third-order valence-corrected chi connectivity index (χ3v) is 5.14. The molecule has 0 aromatic carbocycles. The molecular weight excluding hydrogens is 366 g/mol. The third kappa shape index (κ3) is 4.83. The molecule has 1 aliphatic heterocycles. The first-order chi connectivity index (χ1) is 14.2. The first kappa shape index (κ1) is 19.2. The number of aryl methyl sites for hydroxylation is 1. The molecule has 0 radical (unpaired) electrons. The number of aromatic nitrogens is 5. The Morgan fingerprint density at radius 3 is 2.83 bits per heavy atom.